The van der Waals surface area contributed by atoms with Gasteiger partial charge in [-0.3, -0.25) is 9.59 Å². The molecule has 25 heavy (non-hydrogen) atoms. The zero-order chi connectivity index (χ0) is 17.3. The average Bonchev–Trinajstić information content (AvgIpc) is 2.84. The van der Waals surface area contributed by atoms with E-state index >= 15 is 0 Å². The van der Waals surface area contributed by atoms with Crippen LogP contribution in [0.3, 0.4) is 0 Å². The Morgan fingerprint density at radius 3 is 2.28 bits per heavy atom. The molecule has 0 aromatic heterocycles. The molecule has 0 aliphatic carbocycles. The van der Waals surface area contributed by atoms with Crippen molar-refractivity contribution < 1.29 is 9.59 Å². The fourth-order valence-electron chi connectivity index (χ4n) is 4.20. The Morgan fingerprint density at radius 1 is 1.20 bits per heavy atom. The second-order valence-electron chi connectivity index (χ2n) is 7.27. The van der Waals surface area contributed by atoms with Gasteiger partial charge in [0.15, 0.2) is 0 Å². The second kappa shape index (κ2) is 8.19. The molecule has 3 rings (SSSR count). The summed E-state index contributed by atoms with van der Waals surface area (Å²) in [7, 11) is 1.89. The van der Waals surface area contributed by atoms with Crippen LogP contribution in [0.4, 0.5) is 0 Å². The summed E-state index contributed by atoms with van der Waals surface area (Å²) >= 11 is 0. The normalized spacial score (nSPS) is 25.9. The molecule has 1 aromatic rings. The number of amides is 2. The highest BCUT2D eigenvalue weighted by Crippen LogP contribution is 2.38. The van der Waals surface area contributed by atoms with Crippen molar-refractivity contribution in [1.29, 1.82) is 0 Å². The summed E-state index contributed by atoms with van der Waals surface area (Å²) in [5, 5.41) is 0. The lowest BCUT2D eigenvalue weighted by atomic mass is 9.95. The molecule has 0 radical (unpaired) electrons. The number of carbonyl (C=O) groups is 2. The molecule has 2 bridgehead atoms. The van der Waals surface area contributed by atoms with E-state index in [1.807, 2.05) is 49.2 Å². The van der Waals surface area contributed by atoms with Gasteiger partial charge in [-0.2, -0.15) is 0 Å². The molecular formula is C19H28ClN3O2. The summed E-state index contributed by atoms with van der Waals surface area (Å²) in [6.07, 6.45) is 4.24. The third-order valence-corrected chi connectivity index (χ3v) is 5.38. The van der Waals surface area contributed by atoms with Crippen molar-refractivity contribution in [3.8, 4) is 0 Å². The fourth-order valence-corrected chi connectivity index (χ4v) is 4.20. The van der Waals surface area contributed by atoms with Gasteiger partial charge in [0.05, 0.1) is 0 Å². The minimum absolute atomic E-state index is 0. The predicted molar refractivity (Wildman–Crippen MR) is 101 cm³/mol. The topological polar surface area (TPSA) is 66.6 Å². The van der Waals surface area contributed by atoms with Crippen molar-refractivity contribution in [2.75, 3.05) is 7.05 Å². The van der Waals surface area contributed by atoms with E-state index < -0.39 is 0 Å². The first-order valence-electron chi connectivity index (χ1n) is 8.86. The van der Waals surface area contributed by atoms with Crippen LogP contribution in [0, 0.1) is 0 Å². The first kappa shape index (κ1) is 19.7. The molecule has 0 spiro atoms. The van der Waals surface area contributed by atoms with Gasteiger partial charge in [-0.25, -0.2) is 0 Å². The number of rotatable bonds is 4. The van der Waals surface area contributed by atoms with E-state index in [4.69, 9.17) is 5.73 Å². The molecule has 5 nitrogen and oxygen atoms in total. The van der Waals surface area contributed by atoms with Crippen LogP contribution in [0.1, 0.15) is 49.4 Å². The van der Waals surface area contributed by atoms with E-state index in [0.29, 0.717) is 6.42 Å². The zero-order valence-electron chi connectivity index (χ0n) is 14.9. The van der Waals surface area contributed by atoms with Crippen molar-refractivity contribution in [3.05, 3.63) is 35.9 Å². The lowest BCUT2D eigenvalue weighted by Gasteiger charge is -2.42. The van der Waals surface area contributed by atoms with Crippen molar-refractivity contribution in [1.82, 2.24) is 9.80 Å². The smallest absolute Gasteiger partial charge is 0.253 e. The van der Waals surface area contributed by atoms with Gasteiger partial charge in [-0.05, 0) is 44.7 Å². The van der Waals surface area contributed by atoms with E-state index in [1.54, 1.807) is 0 Å². The summed E-state index contributed by atoms with van der Waals surface area (Å²) in [5.41, 5.74) is 6.52. The average molecular weight is 366 g/mol. The Hall–Kier alpha value is -1.59. The monoisotopic (exact) mass is 365 g/mol. The molecule has 6 heteroatoms. The van der Waals surface area contributed by atoms with E-state index in [1.165, 1.54) is 0 Å². The first-order chi connectivity index (χ1) is 11.5. The predicted octanol–water partition coefficient (Wildman–Crippen LogP) is 2.44. The Labute approximate surface area is 155 Å². The van der Waals surface area contributed by atoms with Crippen molar-refractivity contribution in [2.24, 2.45) is 5.73 Å². The Morgan fingerprint density at radius 2 is 1.76 bits per heavy atom. The van der Waals surface area contributed by atoms with E-state index in [0.717, 1.165) is 31.2 Å². The minimum atomic E-state index is -0.100. The van der Waals surface area contributed by atoms with Crippen LogP contribution in [0.25, 0.3) is 0 Å². The van der Waals surface area contributed by atoms with Crippen LogP contribution in [0.15, 0.2) is 30.3 Å². The number of fused-ring (bicyclic) bond motifs is 2. The fraction of sp³-hybridized carbons (Fsp3) is 0.579. The summed E-state index contributed by atoms with van der Waals surface area (Å²) in [6.45, 7) is 1.87. The van der Waals surface area contributed by atoms with Crippen molar-refractivity contribution in [3.63, 3.8) is 0 Å². The molecule has 3 atom stereocenters. The van der Waals surface area contributed by atoms with Gasteiger partial charge < -0.3 is 15.5 Å². The third kappa shape index (κ3) is 4.15. The summed E-state index contributed by atoms with van der Waals surface area (Å²) < 4.78 is 0. The summed E-state index contributed by atoms with van der Waals surface area (Å²) in [5.74, 6) is 0.239. The molecule has 2 N–H and O–H groups in total. The van der Waals surface area contributed by atoms with E-state index in [9.17, 15) is 9.59 Å². The molecular weight excluding hydrogens is 338 g/mol. The largest absolute Gasteiger partial charge is 0.339 e. The van der Waals surface area contributed by atoms with E-state index in [-0.39, 0.29) is 48.4 Å². The maximum atomic E-state index is 12.7. The van der Waals surface area contributed by atoms with Gasteiger partial charge >= 0.3 is 0 Å². The number of nitrogens with zero attached hydrogens (tertiary/aromatic N) is 2. The highest BCUT2D eigenvalue weighted by molar-refractivity contribution is 5.94. The molecule has 3 unspecified atom stereocenters. The lowest BCUT2D eigenvalue weighted by Crippen LogP contribution is -2.53. The number of nitrogens with two attached hydrogens (primary N) is 1. The molecule has 2 saturated heterocycles. The first-order valence-corrected chi connectivity index (χ1v) is 8.86. The maximum absolute atomic E-state index is 12.7. The van der Waals surface area contributed by atoms with Crippen molar-refractivity contribution >= 4 is 24.2 Å². The summed E-state index contributed by atoms with van der Waals surface area (Å²) in [6, 6.07) is 10.0. The van der Waals surface area contributed by atoms with Crippen LogP contribution in [-0.4, -0.2) is 52.8 Å². The van der Waals surface area contributed by atoms with Crippen LogP contribution >= 0.6 is 12.4 Å². The Balaban J connectivity index is 0.00000225. The number of carbonyl (C=O) groups excluding carboxylic acids is 2. The molecule has 2 aliphatic rings. The van der Waals surface area contributed by atoms with Crippen molar-refractivity contribution in [2.45, 2.75) is 63.2 Å². The number of piperidine rings is 1. The van der Waals surface area contributed by atoms with E-state index in [2.05, 4.69) is 4.90 Å². The summed E-state index contributed by atoms with van der Waals surface area (Å²) in [4.78, 5) is 29.1. The lowest BCUT2D eigenvalue weighted by molar-refractivity contribution is -0.136. The van der Waals surface area contributed by atoms with Gasteiger partial charge in [-0.1, -0.05) is 18.2 Å². The minimum Gasteiger partial charge on any atom is -0.339 e. The second-order valence-corrected chi connectivity index (χ2v) is 7.27. The number of halogens is 1. The van der Waals surface area contributed by atoms with Crippen LogP contribution < -0.4 is 5.73 Å². The molecule has 2 heterocycles. The quantitative estimate of drug-likeness (QED) is 0.891. The van der Waals surface area contributed by atoms with Gasteiger partial charge in [0.25, 0.3) is 5.91 Å². The van der Waals surface area contributed by atoms with Crippen LogP contribution in [-0.2, 0) is 4.79 Å². The number of benzene rings is 1. The highest BCUT2D eigenvalue weighted by Gasteiger charge is 2.44. The maximum Gasteiger partial charge on any atom is 0.253 e. The van der Waals surface area contributed by atoms with Gasteiger partial charge in [0.1, 0.15) is 0 Å². The molecule has 2 amide bonds. The standard InChI is InChI=1S/C19H27N3O2.ClH/c1-13(20)10-18(23)22-15-8-9-16(22)12-17(11-15)21(2)19(24)14-6-4-3-5-7-14;/h3-7,13,15-17H,8-12,20H2,1-2H3;1H. The Kier molecular flexibility index (Phi) is 6.47. The SMILES string of the molecule is CC(N)CC(=O)N1C2CCC1CC(N(C)C(=O)c1ccccc1)C2.Cl. The van der Waals surface area contributed by atoms with Gasteiger partial charge in [0, 0.05) is 43.2 Å². The molecule has 1 aromatic carbocycles. The molecule has 2 aliphatic heterocycles. The number of hydrogen-bond donors (Lipinski definition) is 1. The highest BCUT2D eigenvalue weighted by atomic mass is 35.5. The molecule has 2 fully saturated rings. The molecule has 0 saturated carbocycles. The Bertz CT molecular complexity index is 594. The number of hydrogen-bond acceptors (Lipinski definition) is 3. The molecule has 138 valence electrons. The third-order valence-electron chi connectivity index (χ3n) is 5.38. The van der Waals surface area contributed by atoms with Crippen LogP contribution in [0.2, 0.25) is 0 Å². The zero-order valence-corrected chi connectivity index (χ0v) is 15.7. The van der Waals surface area contributed by atoms with Crippen LogP contribution in [0.5, 0.6) is 0 Å². The van der Waals surface area contributed by atoms with Gasteiger partial charge in [0.2, 0.25) is 5.91 Å². The van der Waals surface area contributed by atoms with Gasteiger partial charge in [-0.15, -0.1) is 12.4 Å².